The van der Waals surface area contributed by atoms with Gasteiger partial charge >= 0.3 is 6.03 Å². The third kappa shape index (κ3) is 5.48. The first kappa shape index (κ1) is 16.3. The highest BCUT2D eigenvalue weighted by Gasteiger charge is 2.06. The molecule has 0 atom stereocenters. The molecule has 0 saturated heterocycles. The number of halogens is 1. The summed E-state index contributed by atoms with van der Waals surface area (Å²) in [5, 5.41) is 4.47. The topological polar surface area (TPSA) is 67.4 Å². The number of carbonyl (C=O) groups excluding carboxylic acids is 2. The van der Waals surface area contributed by atoms with Gasteiger partial charge in [-0.25, -0.2) is 9.18 Å². The molecule has 0 heterocycles. The highest BCUT2D eigenvalue weighted by atomic mass is 32.2. The fraction of sp³-hybridized carbons (Fsp3) is 0.385. The van der Waals surface area contributed by atoms with Crippen molar-refractivity contribution in [2.45, 2.75) is 12.2 Å². The Balaban J connectivity index is 2.29. The number of rotatable bonds is 6. The van der Waals surface area contributed by atoms with Crippen LogP contribution in [0.1, 0.15) is 12.0 Å². The lowest BCUT2D eigenvalue weighted by molar-refractivity contribution is -0.119. The van der Waals surface area contributed by atoms with Crippen molar-refractivity contribution in [2.75, 3.05) is 19.9 Å². The predicted octanol–water partition coefficient (Wildman–Crippen LogP) is 1.91. The monoisotopic (exact) mass is 300 g/mol. The zero-order valence-corrected chi connectivity index (χ0v) is 12.2. The molecule has 1 rings (SSSR count). The van der Waals surface area contributed by atoms with Crippen LogP contribution in [0.3, 0.4) is 0 Å². The van der Waals surface area contributed by atoms with Crippen molar-refractivity contribution in [3.63, 3.8) is 0 Å². The van der Waals surface area contributed by atoms with Gasteiger partial charge in [-0.1, -0.05) is 6.07 Å². The first-order valence-corrected chi connectivity index (χ1v) is 7.14. The Bertz CT molecular complexity index is 483. The van der Waals surface area contributed by atoms with Crippen molar-refractivity contribution in [1.29, 1.82) is 0 Å². The Labute approximate surface area is 121 Å². The average molecular weight is 300 g/mol. The van der Waals surface area contributed by atoms with E-state index in [2.05, 4.69) is 10.6 Å². The maximum absolute atomic E-state index is 13.4. The first-order chi connectivity index (χ1) is 9.56. The van der Waals surface area contributed by atoms with E-state index in [1.54, 1.807) is 12.1 Å². The average Bonchev–Trinajstić information content (AvgIpc) is 2.43. The van der Waals surface area contributed by atoms with Gasteiger partial charge in [-0.3, -0.25) is 10.1 Å². The molecule has 0 aliphatic rings. The number of methoxy groups -OCH3 is 1. The van der Waals surface area contributed by atoms with Crippen LogP contribution in [0.15, 0.2) is 18.2 Å². The minimum absolute atomic E-state index is 0.212. The van der Waals surface area contributed by atoms with Gasteiger partial charge in [-0.05, 0) is 17.7 Å². The van der Waals surface area contributed by atoms with Gasteiger partial charge < -0.3 is 10.1 Å². The normalized spacial score (nSPS) is 9.95. The van der Waals surface area contributed by atoms with Crippen LogP contribution in [-0.2, 0) is 10.5 Å². The molecule has 2 N–H and O–H groups in total. The number of benzene rings is 1. The van der Waals surface area contributed by atoms with E-state index in [9.17, 15) is 14.0 Å². The summed E-state index contributed by atoms with van der Waals surface area (Å²) in [6, 6.07) is 4.25. The number of carbonyl (C=O) groups is 2. The van der Waals surface area contributed by atoms with Crippen LogP contribution in [0.5, 0.6) is 5.75 Å². The van der Waals surface area contributed by atoms with E-state index < -0.39 is 11.8 Å². The minimum atomic E-state index is -0.516. The second-order valence-electron chi connectivity index (χ2n) is 3.90. The number of hydrogen-bond acceptors (Lipinski definition) is 4. The molecule has 0 bridgehead atoms. The van der Waals surface area contributed by atoms with Crippen LogP contribution in [0.4, 0.5) is 9.18 Å². The third-order valence-electron chi connectivity index (χ3n) is 2.44. The lowest BCUT2D eigenvalue weighted by Gasteiger charge is -2.05. The summed E-state index contributed by atoms with van der Waals surface area (Å²) in [7, 11) is 2.85. The summed E-state index contributed by atoms with van der Waals surface area (Å²) in [5.74, 6) is 0.620. The molecule has 0 aromatic heterocycles. The highest BCUT2D eigenvalue weighted by molar-refractivity contribution is 7.98. The van der Waals surface area contributed by atoms with Crippen LogP contribution < -0.4 is 15.4 Å². The van der Waals surface area contributed by atoms with E-state index in [0.717, 1.165) is 5.56 Å². The van der Waals surface area contributed by atoms with Gasteiger partial charge in [0.05, 0.1) is 7.11 Å². The van der Waals surface area contributed by atoms with Crippen LogP contribution in [0.2, 0.25) is 0 Å². The second kappa shape index (κ2) is 8.42. The van der Waals surface area contributed by atoms with Gasteiger partial charge in [0, 0.05) is 25.0 Å². The number of nitrogens with one attached hydrogen (secondary N) is 2. The van der Waals surface area contributed by atoms with Crippen LogP contribution in [0, 0.1) is 5.82 Å². The van der Waals surface area contributed by atoms with E-state index in [1.165, 1.54) is 32.0 Å². The standard InChI is InChI=1S/C13H17FN2O3S/c1-15-13(18)16-12(17)5-6-20-8-9-3-4-11(19-2)10(14)7-9/h3-4,7H,5-6,8H2,1-2H3,(H2,15,16,17,18). The molecular formula is C13H17FN2O3S. The number of imide groups is 1. The Hall–Kier alpha value is -1.76. The lowest BCUT2D eigenvalue weighted by atomic mass is 10.2. The summed E-state index contributed by atoms with van der Waals surface area (Å²) in [5.41, 5.74) is 0.819. The van der Waals surface area contributed by atoms with Crippen molar-refractivity contribution < 1.29 is 18.7 Å². The number of ether oxygens (including phenoxy) is 1. The van der Waals surface area contributed by atoms with E-state index in [0.29, 0.717) is 11.5 Å². The molecule has 0 radical (unpaired) electrons. The molecule has 0 saturated carbocycles. The zero-order chi connectivity index (χ0) is 15.0. The molecule has 20 heavy (non-hydrogen) atoms. The molecule has 110 valence electrons. The van der Waals surface area contributed by atoms with Gasteiger partial charge in [0.2, 0.25) is 5.91 Å². The second-order valence-corrected chi connectivity index (χ2v) is 5.00. The van der Waals surface area contributed by atoms with Gasteiger partial charge in [-0.15, -0.1) is 0 Å². The first-order valence-electron chi connectivity index (χ1n) is 5.98. The van der Waals surface area contributed by atoms with E-state index in [-0.39, 0.29) is 18.1 Å². The molecule has 0 fully saturated rings. The van der Waals surface area contributed by atoms with Gasteiger partial charge in [-0.2, -0.15) is 11.8 Å². The smallest absolute Gasteiger partial charge is 0.321 e. The highest BCUT2D eigenvalue weighted by Crippen LogP contribution is 2.20. The van der Waals surface area contributed by atoms with Gasteiger partial charge in [0.1, 0.15) is 0 Å². The van der Waals surface area contributed by atoms with E-state index >= 15 is 0 Å². The molecule has 0 spiro atoms. The van der Waals surface area contributed by atoms with Gasteiger partial charge in [0.25, 0.3) is 0 Å². The molecule has 3 amide bonds. The molecule has 5 nitrogen and oxygen atoms in total. The molecule has 0 aliphatic heterocycles. The fourth-order valence-corrected chi connectivity index (χ4v) is 2.30. The molecule has 1 aromatic rings. The predicted molar refractivity (Wildman–Crippen MR) is 76.3 cm³/mol. The Kier molecular flexibility index (Phi) is 6.86. The summed E-state index contributed by atoms with van der Waals surface area (Å²) in [4.78, 5) is 22.2. The maximum atomic E-state index is 13.4. The summed E-state index contributed by atoms with van der Waals surface area (Å²) in [6.07, 6.45) is 0.233. The van der Waals surface area contributed by atoms with Crippen molar-refractivity contribution in [3.05, 3.63) is 29.6 Å². The Morgan fingerprint density at radius 1 is 1.40 bits per heavy atom. The van der Waals surface area contributed by atoms with Crippen molar-refractivity contribution in [2.24, 2.45) is 0 Å². The van der Waals surface area contributed by atoms with Gasteiger partial charge in [0.15, 0.2) is 11.6 Å². The zero-order valence-electron chi connectivity index (χ0n) is 11.4. The molecule has 1 aromatic carbocycles. The largest absolute Gasteiger partial charge is 0.494 e. The van der Waals surface area contributed by atoms with Crippen molar-refractivity contribution >= 4 is 23.7 Å². The maximum Gasteiger partial charge on any atom is 0.321 e. The molecular weight excluding hydrogens is 283 g/mol. The van der Waals surface area contributed by atoms with Crippen LogP contribution >= 0.6 is 11.8 Å². The van der Waals surface area contributed by atoms with E-state index in [4.69, 9.17) is 4.74 Å². The minimum Gasteiger partial charge on any atom is -0.494 e. The molecule has 0 unspecified atom stereocenters. The summed E-state index contributed by atoms with van der Waals surface area (Å²) >= 11 is 1.49. The molecule has 0 aliphatic carbocycles. The Morgan fingerprint density at radius 2 is 2.15 bits per heavy atom. The number of amides is 3. The van der Waals surface area contributed by atoms with Crippen molar-refractivity contribution in [3.8, 4) is 5.75 Å². The Morgan fingerprint density at radius 3 is 2.75 bits per heavy atom. The van der Waals surface area contributed by atoms with Crippen molar-refractivity contribution in [1.82, 2.24) is 10.6 Å². The summed E-state index contributed by atoms with van der Waals surface area (Å²) < 4.78 is 18.3. The quantitative estimate of drug-likeness (QED) is 0.788. The number of thioether (sulfide) groups is 1. The number of hydrogen-bond donors (Lipinski definition) is 2. The summed E-state index contributed by atoms with van der Waals surface area (Å²) in [6.45, 7) is 0. The van der Waals surface area contributed by atoms with E-state index in [1.807, 2.05) is 0 Å². The molecule has 7 heteroatoms. The fourth-order valence-electron chi connectivity index (χ4n) is 1.41. The van der Waals surface area contributed by atoms with Crippen LogP contribution in [-0.4, -0.2) is 31.8 Å². The SMILES string of the molecule is CNC(=O)NC(=O)CCSCc1ccc(OC)c(F)c1. The van der Waals surface area contributed by atoms with Crippen LogP contribution in [0.25, 0.3) is 0 Å². The lowest BCUT2D eigenvalue weighted by Crippen LogP contribution is -2.37. The number of urea groups is 1. The third-order valence-corrected chi connectivity index (χ3v) is 3.47.